The predicted molar refractivity (Wildman–Crippen MR) is 97.3 cm³/mol. The van der Waals surface area contributed by atoms with Gasteiger partial charge in [-0.05, 0) is 31.4 Å². The van der Waals surface area contributed by atoms with E-state index in [1.54, 1.807) is 18.2 Å². The normalized spacial score (nSPS) is 10.2. The topological polar surface area (TPSA) is 104 Å². The minimum Gasteiger partial charge on any atom is -0.507 e. The zero-order chi connectivity index (χ0) is 16.4. The van der Waals surface area contributed by atoms with Crippen LogP contribution < -0.4 is 5.32 Å². The van der Waals surface area contributed by atoms with Gasteiger partial charge in [0.05, 0.1) is 5.69 Å². The van der Waals surface area contributed by atoms with Gasteiger partial charge in [0, 0.05) is 5.56 Å². The second kappa shape index (κ2) is 7.65. The van der Waals surface area contributed by atoms with Crippen LogP contribution >= 0.6 is 35.5 Å². The van der Waals surface area contributed by atoms with Crippen LogP contribution in [0.15, 0.2) is 28.6 Å². The number of hydrogen-bond donors (Lipinski definition) is 3. The first-order chi connectivity index (χ1) is 11.1. The van der Waals surface area contributed by atoms with Crippen molar-refractivity contribution in [3.8, 4) is 17.0 Å². The van der Waals surface area contributed by atoms with Crippen LogP contribution in [0.1, 0.15) is 16.1 Å². The largest absolute Gasteiger partial charge is 0.507 e. The number of phenolic OH excluding ortho intramolecular Hbond substituents is 1. The number of phenols is 1. The zero-order valence-electron chi connectivity index (χ0n) is 12.7. The standard InChI is InChI=1S/C14H13N5O2S2.ClH/c1-7-3-4-11(20)8(5-7)9-6-10(17-16-9)12(21)15-13-18-19-14(22-2)23-13;/h3-6,20H,1-2H3,(H,16,17)(H,15,18,21);1H. The molecule has 0 aliphatic carbocycles. The van der Waals surface area contributed by atoms with Gasteiger partial charge in [-0.15, -0.1) is 22.6 Å². The molecule has 3 N–H and O–H groups in total. The van der Waals surface area contributed by atoms with E-state index in [0.29, 0.717) is 16.4 Å². The zero-order valence-corrected chi connectivity index (χ0v) is 15.2. The monoisotopic (exact) mass is 383 g/mol. The molecular formula is C14H14ClN5O2S2. The van der Waals surface area contributed by atoms with E-state index in [2.05, 4.69) is 25.7 Å². The number of benzene rings is 1. The number of halogens is 1. The summed E-state index contributed by atoms with van der Waals surface area (Å²) in [6.07, 6.45) is 1.89. The molecule has 10 heteroatoms. The maximum Gasteiger partial charge on any atom is 0.275 e. The molecule has 3 aromatic rings. The molecule has 0 aliphatic rings. The number of carbonyl (C=O) groups is 1. The van der Waals surface area contributed by atoms with Gasteiger partial charge in [-0.3, -0.25) is 15.2 Å². The summed E-state index contributed by atoms with van der Waals surface area (Å²) in [6, 6.07) is 6.80. The number of rotatable bonds is 4. The van der Waals surface area contributed by atoms with Crippen molar-refractivity contribution in [1.29, 1.82) is 0 Å². The van der Waals surface area contributed by atoms with E-state index in [4.69, 9.17) is 0 Å². The Hall–Kier alpha value is -2.10. The number of aromatic hydroxyl groups is 1. The molecule has 7 nitrogen and oxygen atoms in total. The van der Waals surface area contributed by atoms with Gasteiger partial charge in [-0.1, -0.05) is 34.7 Å². The Morgan fingerprint density at radius 2 is 2.12 bits per heavy atom. The molecule has 0 bridgehead atoms. The molecule has 24 heavy (non-hydrogen) atoms. The summed E-state index contributed by atoms with van der Waals surface area (Å²) >= 11 is 2.76. The number of anilines is 1. The third kappa shape index (κ3) is 3.86. The minimum absolute atomic E-state index is 0. The summed E-state index contributed by atoms with van der Waals surface area (Å²) in [4.78, 5) is 12.2. The molecule has 126 valence electrons. The molecule has 0 saturated carbocycles. The molecule has 0 unspecified atom stereocenters. The molecule has 3 rings (SSSR count). The number of aromatic nitrogens is 4. The van der Waals surface area contributed by atoms with Crippen molar-refractivity contribution >= 4 is 46.5 Å². The number of aromatic amines is 1. The van der Waals surface area contributed by atoms with Crippen LogP contribution in [-0.2, 0) is 0 Å². The first kappa shape index (κ1) is 18.2. The summed E-state index contributed by atoms with van der Waals surface area (Å²) in [5, 5.41) is 27.6. The summed E-state index contributed by atoms with van der Waals surface area (Å²) in [7, 11) is 0. The number of nitrogens with zero attached hydrogens (tertiary/aromatic N) is 3. The number of thioether (sulfide) groups is 1. The van der Waals surface area contributed by atoms with Crippen LogP contribution in [0.3, 0.4) is 0 Å². The van der Waals surface area contributed by atoms with Gasteiger partial charge in [0.1, 0.15) is 11.4 Å². The molecular weight excluding hydrogens is 370 g/mol. The Bertz CT molecular complexity index is 864. The van der Waals surface area contributed by atoms with Crippen molar-refractivity contribution in [2.75, 3.05) is 11.6 Å². The third-order valence-corrected chi connectivity index (χ3v) is 4.87. The van der Waals surface area contributed by atoms with Crippen molar-refractivity contribution < 1.29 is 9.90 Å². The van der Waals surface area contributed by atoms with Gasteiger partial charge in [0.2, 0.25) is 5.13 Å². The fraction of sp³-hybridized carbons (Fsp3) is 0.143. The third-order valence-electron chi connectivity index (χ3n) is 3.05. The van der Waals surface area contributed by atoms with Crippen LogP contribution in [0.5, 0.6) is 5.75 Å². The minimum atomic E-state index is -0.361. The highest BCUT2D eigenvalue weighted by Crippen LogP contribution is 2.29. The van der Waals surface area contributed by atoms with E-state index in [1.807, 2.05) is 19.2 Å². The SMILES string of the molecule is CSc1nnc(NC(=O)c2cc(-c3cc(C)ccc3O)n[nH]2)s1.Cl. The Kier molecular flexibility index (Phi) is 5.81. The highest BCUT2D eigenvalue weighted by molar-refractivity contribution is 8.00. The average molecular weight is 384 g/mol. The highest BCUT2D eigenvalue weighted by atomic mass is 35.5. The van der Waals surface area contributed by atoms with Gasteiger partial charge < -0.3 is 5.11 Å². The van der Waals surface area contributed by atoms with Crippen LogP contribution in [0.4, 0.5) is 5.13 Å². The highest BCUT2D eigenvalue weighted by Gasteiger charge is 2.15. The predicted octanol–water partition coefficient (Wildman–Crippen LogP) is 3.34. The van der Waals surface area contributed by atoms with E-state index in [0.717, 1.165) is 9.90 Å². The second-order valence-corrected chi connectivity index (χ2v) is 6.75. The quantitative estimate of drug-likeness (QED) is 0.471. The Morgan fingerprint density at radius 1 is 1.33 bits per heavy atom. The van der Waals surface area contributed by atoms with E-state index in [9.17, 15) is 9.90 Å². The summed E-state index contributed by atoms with van der Waals surface area (Å²) in [6.45, 7) is 1.92. The molecule has 2 heterocycles. The molecule has 0 spiro atoms. The van der Waals surface area contributed by atoms with Gasteiger partial charge in [-0.2, -0.15) is 5.10 Å². The smallest absolute Gasteiger partial charge is 0.275 e. The maximum atomic E-state index is 12.2. The first-order valence-corrected chi connectivity index (χ1v) is 8.65. The van der Waals surface area contributed by atoms with Crippen molar-refractivity contribution in [2.24, 2.45) is 0 Å². The van der Waals surface area contributed by atoms with E-state index in [-0.39, 0.29) is 29.8 Å². The van der Waals surface area contributed by atoms with Gasteiger partial charge in [-0.25, -0.2) is 0 Å². The Morgan fingerprint density at radius 3 is 2.83 bits per heavy atom. The molecule has 0 radical (unpaired) electrons. The second-order valence-electron chi connectivity index (χ2n) is 4.72. The van der Waals surface area contributed by atoms with Crippen molar-refractivity contribution in [3.63, 3.8) is 0 Å². The number of nitrogens with one attached hydrogen (secondary N) is 2. The number of H-pyrrole nitrogens is 1. The first-order valence-electron chi connectivity index (χ1n) is 6.61. The lowest BCUT2D eigenvalue weighted by Gasteiger charge is -2.01. The van der Waals surface area contributed by atoms with Crippen LogP contribution in [-0.4, -0.2) is 37.7 Å². The summed E-state index contributed by atoms with van der Waals surface area (Å²) in [5.74, 6) is -0.248. The van der Waals surface area contributed by atoms with Crippen molar-refractivity contribution in [2.45, 2.75) is 11.3 Å². The number of aryl methyl sites for hydroxylation is 1. The van der Waals surface area contributed by atoms with E-state index in [1.165, 1.54) is 23.1 Å². The fourth-order valence-corrected chi connectivity index (χ4v) is 3.10. The average Bonchev–Trinajstić information content (AvgIpc) is 3.18. The van der Waals surface area contributed by atoms with Crippen LogP contribution in [0.2, 0.25) is 0 Å². The molecule has 1 aromatic carbocycles. The summed E-state index contributed by atoms with van der Waals surface area (Å²) in [5.41, 5.74) is 2.34. The molecule has 0 saturated heterocycles. The number of carbonyl (C=O) groups excluding carboxylic acids is 1. The lowest BCUT2D eigenvalue weighted by Crippen LogP contribution is -2.12. The van der Waals surface area contributed by atoms with Gasteiger partial charge in [0.15, 0.2) is 4.34 Å². The van der Waals surface area contributed by atoms with E-state index < -0.39 is 0 Å². The lowest BCUT2D eigenvalue weighted by molar-refractivity contribution is 0.102. The Labute approximate surface area is 152 Å². The number of amides is 1. The lowest BCUT2D eigenvalue weighted by atomic mass is 10.1. The molecule has 1 amide bonds. The van der Waals surface area contributed by atoms with Crippen molar-refractivity contribution in [3.05, 3.63) is 35.5 Å². The van der Waals surface area contributed by atoms with Gasteiger partial charge in [0.25, 0.3) is 5.91 Å². The fourth-order valence-electron chi connectivity index (χ4n) is 1.94. The van der Waals surface area contributed by atoms with Crippen LogP contribution in [0.25, 0.3) is 11.3 Å². The molecule has 0 fully saturated rings. The van der Waals surface area contributed by atoms with E-state index >= 15 is 0 Å². The van der Waals surface area contributed by atoms with Gasteiger partial charge >= 0.3 is 0 Å². The van der Waals surface area contributed by atoms with Crippen LogP contribution in [0, 0.1) is 6.92 Å². The summed E-state index contributed by atoms with van der Waals surface area (Å²) < 4.78 is 0.773. The van der Waals surface area contributed by atoms with Crippen molar-refractivity contribution in [1.82, 2.24) is 20.4 Å². The number of hydrogen-bond acceptors (Lipinski definition) is 7. The molecule has 0 aliphatic heterocycles. The molecule has 0 atom stereocenters. The maximum absolute atomic E-state index is 12.2. The Balaban J connectivity index is 0.00000208. The molecule has 2 aromatic heterocycles.